The predicted molar refractivity (Wildman–Crippen MR) is 147 cm³/mol. The SMILES string of the molecule is CC12CC1C=C(Nc1nc3nc(C4=CC=CC=CC4)c4c(n3n1)CCCC4)C1CC12.O=c1cc[nH]cc1.[HH]. The van der Waals surface area contributed by atoms with Crippen LogP contribution in [0.25, 0.3) is 11.4 Å². The number of hydrogen-bond donors (Lipinski definition) is 2. The molecule has 4 unspecified atom stereocenters. The Bertz CT molecular complexity index is 1540. The summed E-state index contributed by atoms with van der Waals surface area (Å²) in [7, 11) is 0. The van der Waals surface area contributed by atoms with Gasteiger partial charge in [0, 0.05) is 37.6 Å². The van der Waals surface area contributed by atoms with E-state index < -0.39 is 0 Å². The van der Waals surface area contributed by atoms with Crippen molar-refractivity contribution >= 4 is 17.3 Å². The van der Waals surface area contributed by atoms with E-state index in [9.17, 15) is 4.79 Å². The Morgan fingerprint density at radius 2 is 2.00 bits per heavy atom. The molecule has 5 aliphatic rings. The van der Waals surface area contributed by atoms with Crippen LogP contribution in [0.5, 0.6) is 0 Å². The minimum absolute atomic E-state index is 0. The first-order valence-corrected chi connectivity index (χ1v) is 13.5. The molecule has 2 saturated carbocycles. The van der Waals surface area contributed by atoms with Crippen LogP contribution < -0.4 is 10.7 Å². The Labute approximate surface area is 217 Å². The molecule has 3 aromatic rings. The number of anilines is 1. The lowest BCUT2D eigenvalue weighted by Gasteiger charge is -2.20. The molecule has 0 radical (unpaired) electrons. The zero-order valence-corrected chi connectivity index (χ0v) is 21.2. The summed E-state index contributed by atoms with van der Waals surface area (Å²) >= 11 is 0. The number of aromatic nitrogens is 5. The number of nitrogens with one attached hydrogen (secondary N) is 2. The molecule has 37 heavy (non-hydrogen) atoms. The first kappa shape index (κ1) is 22.5. The summed E-state index contributed by atoms with van der Waals surface area (Å²) in [6, 6.07) is 2.94. The maximum absolute atomic E-state index is 10.2. The Balaban J connectivity index is 0.000000290. The van der Waals surface area contributed by atoms with Crippen LogP contribution in [0.15, 0.2) is 71.5 Å². The van der Waals surface area contributed by atoms with E-state index in [4.69, 9.17) is 15.1 Å². The highest BCUT2D eigenvalue weighted by Crippen LogP contribution is 2.72. The monoisotopic (exact) mass is 494 g/mol. The van der Waals surface area contributed by atoms with Gasteiger partial charge in [0.25, 0.3) is 5.78 Å². The molecule has 0 spiro atoms. The van der Waals surface area contributed by atoms with Crippen LogP contribution in [-0.2, 0) is 12.8 Å². The number of pyridine rings is 1. The van der Waals surface area contributed by atoms with Gasteiger partial charge >= 0.3 is 0 Å². The largest absolute Gasteiger partial charge is 0.367 e. The average molecular weight is 495 g/mol. The molecule has 7 heteroatoms. The first-order chi connectivity index (χ1) is 18.1. The van der Waals surface area contributed by atoms with Crippen LogP contribution in [-0.4, -0.2) is 24.6 Å². The van der Waals surface area contributed by atoms with Crippen molar-refractivity contribution in [2.45, 2.75) is 51.9 Å². The number of H-pyrrole nitrogens is 1. The van der Waals surface area contributed by atoms with Crippen molar-refractivity contribution in [1.29, 1.82) is 0 Å². The van der Waals surface area contributed by atoms with Gasteiger partial charge in [-0.2, -0.15) is 9.50 Å². The van der Waals surface area contributed by atoms with Crippen LogP contribution in [0.4, 0.5) is 5.95 Å². The molecule has 0 aliphatic heterocycles. The van der Waals surface area contributed by atoms with Gasteiger partial charge in [0.1, 0.15) is 0 Å². The Morgan fingerprint density at radius 1 is 1.14 bits per heavy atom. The summed E-state index contributed by atoms with van der Waals surface area (Å²) in [4.78, 5) is 22.8. The molecule has 0 amide bonds. The van der Waals surface area contributed by atoms with Crippen molar-refractivity contribution in [1.82, 2.24) is 24.6 Å². The second-order valence-corrected chi connectivity index (χ2v) is 11.2. The number of fused-ring (bicyclic) bond motifs is 6. The van der Waals surface area contributed by atoms with Gasteiger partial charge in [-0.15, -0.1) is 5.10 Å². The van der Waals surface area contributed by atoms with Crippen molar-refractivity contribution in [3.63, 3.8) is 0 Å². The van der Waals surface area contributed by atoms with E-state index in [1.165, 1.54) is 60.3 Å². The normalized spacial score (nSPS) is 28.5. The minimum Gasteiger partial charge on any atom is -0.367 e. The minimum atomic E-state index is 0. The third-order valence-corrected chi connectivity index (χ3v) is 8.79. The van der Waals surface area contributed by atoms with Crippen molar-refractivity contribution < 1.29 is 1.43 Å². The zero-order chi connectivity index (χ0) is 25.0. The van der Waals surface area contributed by atoms with E-state index in [1.807, 2.05) is 4.52 Å². The lowest BCUT2D eigenvalue weighted by Crippen LogP contribution is -2.15. The molecule has 7 nitrogen and oxygen atoms in total. The van der Waals surface area contributed by atoms with Gasteiger partial charge in [-0.05, 0) is 73.3 Å². The van der Waals surface area contributed by atoms with Crippen LogP contribution in [0, 0.1) is 23.2 Å². The number of aromatic amines is 1. The molecule has 0 bridgehead atoms. The molecule has 0 saturated heterocycles. The van der Waals surface area contributed by atoms with Crippen LogP contribution in [0.1, 0.15) is 57.4 Å². The Hall–Kier alpha value is -3.74. The number of allylic oxidation sites excluding steroid dienone is 8. The predicted octanol–water partition coefficient (Wildman–Crippen LogP) is 5.50. The fraction of sp³-hybridized carbons (Fsp3) is 0.400. The maximum Gasteiger partial charge on any atom is 0.254 e. The summed E-state index contributed by atoms with van der Waals surface area (Å²) in [5, 5.41) is 8.47. The van der Waals surface area contributed by atoms with E-state index >= 15 is 0 Å². The lowest BCUT2D eigenvalue weighted by molar-refractivity contribution is 0.430. The highest BCUT2D eigenvalue weighted by molar-refractivity contribution is 5.71. The molecule has 4 atom stereocenters. The summed E-state index contributed by atoms with van der Waals surface area (Å²) in [6.07, 6.45) is 24.6. The fourth-order valence-electron chi connectivity index (χ4n) is 6.51. The third kappa shape index (κ3) is 4.06. The zero-order valence-electron chi connectivity index (χ0n) is 21.2. The van der Waals surface area contributed by atoms with Crippen molar-refractivity contribution in [3.05, 3.63) is 93.9 Å². The topological polar surface area (TPSA) is 88.0 Å². The van der Waals surface area contributed by atoms with E-state index in [2.05, 4.69) is 53.7 Å². The molecule has 8 rings (SSSR count). The smallest absolute Gasteiger partial charge is 0.254 e. The lowest BCUT2D eigenvalue weighted by atomic mass is 9.91. The number of rotatable bonds is 3. The third-order valence-electron chi connectivity index (χ3n) is 8.79. The Kier molecular flexibility index (Phi) is 5.27. The maximum atomic E-state index is 10.2. The van der Waals surface area contributed by atoms with Gasteiger partial charge in [-0.3, -0.25) is 4.79 Å². The van der Waals surface area contributed by atoms with Crippen molar-refractivity contribution in [2.24, 2.45) is 23.2 Å². The quantitative estimate of drug-likeness (QED) is 0.502. The van der Waals surface area contributed by atoms with Gasteiger partial charge in [0.05, 0.1) is 11.4 Å². The first-order valence-electron chi connectivity index (χ1n) is 13.5. The number of hydrogen-bond acceptors (Lipinski definition) is 5. The number of nitrogens with zero attached hydrogens (tertiary/aromatic N) is 4. The van der Waals surface area contributed by atoms with Gasteiger partial charge in [-0.25, -0.2) is 4.98 Å². The second kappa shape index (κ2) is 8.68. The van der Waals surface area contributed by atoms with Crippen LogP contribution in [0.2, 0.25) is 0 Å². The summed E-state index contributed by atoms with van der Waals surface area (Å²) in [6.45, 7) is 2.46. The summed E-state index contributed by atoms with van der Waals surface area (Å²) in [5.41, 5.74) is 7.06. The standard InChI is InChI=1S/C25H27N5.C5H5NO.H2/c1-25-14-16(25)12-20(18-13-19(18)25)26-23-28-24-27-22(15-8-4-2-3-5-9-15)17-10-6-7-11-21(17)30(24)29-23;7-5-1-3-6-4-2-5;/h2-5,8,12,16,18-19H,6-7,9-11,13-14H2,1H3,(H,26,29);1-4H,(H,6,7);1H. The molecule has 0 aromatic carbocycles. The van der Waals surface area contributed by atoms with Gasteiger partial charge < -0.3 is 10.3 Å². The fourth-order valence-corrected chi connectivity index (χ4v) is 6.51. The molecule has 3 aromatic heterocycles. The molecular weight excluding hydrogens is 460 g/mol. The molecule has 5 aliphatic carbocycles. The summed E-state index contributed by atoms with van der Waals surface area (Å²) in [5.74, 6) is 3.75. The van der Waals surface area contributed by atoms with E-state index in [0.717, 1.165) is 42.6 Å². The molecular formula is C30H34N6O. The van der Waals surface area contributed by atoms with E-state index in [-0.39, 0.29) is 6.86 Å². The average Bonchev–Trinajstić information content (AvgIpc) is 3.81. The molecule has 3 heterocycles. The van der Waals surface area contributed by atoms with Crippen LogP contribution >= 0.6 is 0 Å². The van der Waals surface area contributed by atoms with Gasteiger partial charge in [0.2, 0.25) is 5.95 Å². The van der Waals surface area contributed by atoms with Gasteiger partial charge in [0.15, 0.2) is 5.43 Å². The van der Waals surface area contributed by atoms with Crippen molar-refractivity contribution in [2.75, 3.05) is 5.32 Å². The van der Waals surface area contributed by atoms with Crippen LogP contribution in [0.3, 0.4) is 0 Å². The number of aryl methyl sites for hydroxylation is 1. The molecule has 190 valence electrons. The Morgan fingerprint density at radius 3 is 2.84 bits per heavy atom. The molecule has 2 fully saturated rings. The summed E-state index contributed by atoms with van der Waals surface area (Å²) < 4.78 is 2.01. The van der Waals surface area contributed by atoms with Crippen molar-refractivity contribution in [3.8, 4) is 0 Å². The highest BCUT2D eigenvalue weighted by Gasteiger charge is 2.65. The highest BCUT2D eigenvalue weighted by atomic mass is 16.1. The van der Waals surface area contributed by atoms with E-state index in [0.29, 0.717) is 17.3 Å². The second-order valence-electron chi connectivity index (χ2n) is 11.2. The van der Waals surface area contributed by atoms with Gasteiger partial charge in [-0.1, -0.05) is 43.4 Å². The van der Waals surface area contributed by atoms with E-state index in [1.54, 1.807) is 12.4 Å². The molecule has 2 N–H and O–H groups in total.